The van der Waals surface area contributed by atoms with Crippen molar-refractivity contribution in [3.05, 3.63) is 48.0 Å². The minimum absolute atomic E-state index is 0.112. The summed E-state index contributed by atoms with van der Waals surface area (Å²) in [6.45, 7) is 1.60. The lowest BCUT2D eigenvalue weighted by Gasteiger charge is -2.40. The van der Waals surface area contributed by atoms with Crippen molar-refractivity contribution < 1.29 is 48.2 Å². The van der Waals surface area contributed by atoms with E-state index in [1.807, 2.05) is 6.92 Å². The summed E-state index contributed by atoms with van der Waals surface area (Å²) in [5, 5.41) is 52.3. The van der Waals surface area contributed by atoms with E-state index in [2.05, 4.69) is 10.0 Å². The zero-order valence-electron chi connectivity index (χ0n) is 19.4. The minimum Gasteiger partial charge on any atom is -0.478 e. The summed E-state index contributed by atoms with van der Waals surface area (Å²) in [7, 11) is -4.66. The zero-order valence-corrected chi connectivity index (χ0v) is 20.3. The van der Waals surface area contributed by atoms with E-state index >= 15 is 0 Å². The molecule has 1 saturated heterocycles. The maximum atomic E-state index is 13.5. The van der Waals surface area contributed by atoms with Gasteiger partial charge in [0.15, 0.2) is 12.0 Å². The quantitative estimate of drug-likeness (QED) is 0.201. The van der Waals surface area contributed by atoms with Gasteiger partial charge in [-0.15, -0.1) is 0 Å². The molecule has 3 rings (SSSR count). The van der Waals surface area contributed by atoms with Gasteiger partial charge in [0.1, 0.15) is 35.1 Å². The third kappa shape index (κ3) is 6.31. The summed E-state index contributed by atoms with van der Waals surface area (Å²) in [5.41, 5.74) is -0.232. The highest BCUT2D eigenvalue weighted by Crippen LogP contribution is 2.38. The first-order valence-electron chi connectivity index (χ1n) is 11.3. The van der Waals surface area contributed by atoms with E-state index in [9.17, 15) is 38.7 Å². The smallest absolute Gasteiger partial charge is 0.335 e. The van der Waals surface area contributed by atoms with Gasteiger partial charge in [0.2, 0.25) is 10.0 Å². The molecule has 0 aliphatic carbocycles. The van der Waals surface area contributed by atoms with Crippen LogP contribution in [-0.2, 0) is 14.8 Å². The van der Waals surface area contributed by atoms with Gasteiger partial charge < -0.3 is 40.3 Å². The van der Waals surface area contributed by atoms with E-state index in [1.54, 1.807) is 30.3 Å². The number of rotatable bonds is 11. The zero-order chi connectivity index (χ0) is 26.5. The molecule has 13 heteroatoms. The van der Waals surface area contributed by atoms with Gasteiger partial charge in [-0.25, -0.2) is 13.2 Å². The number of carboxylic acid groups (broad SMARTS) is 1. The van der Waals surface area contributed by atoms with Crippen LogP contribution in [0.15, 0.2) is 47.4 Å². The van der Waals surface area contributed by atoms with E-state index in [0.29, 0.717) is 13.0 Å². The van der Waals surface area contributed by atoms with Crippen LogP contribution in [0.2, 0.25) is 0 Å². The van der Waals surface area contributed by atoms with Gasteiger partial charge in [-0.2, -0.15) is 4.72 Å². The molecule has 12 nitrogen and oxygen atoms in total. The van der Waals surface area contributed by atoms with Crippen molar-refractivity contribution in [2.45, 2.75) is 55.3 Å². The lowest BCUT2D eigenvalue weighted by atomic mass is 9.99. The molecular weight excluding hydrogens is 496 g/mol. The van der Waals surface area contributed by atoms with Crippen LogP contribution < -0.4 is 14.8 Å². The first kappa shape index (κ1) is 27.8. The molecule has 1 aliphatic rings. The number of nitrogens with one attached hydrogen (secondary N) is 2. The van der Waals surface area contributed by atoms with Crippen molar-refractivity contribution in [1.29, 1.82) is 0 Å². The van der Waals surface area contributed by atoms with Crippen molar-refractivity contribution >= 4 is 21.7 Å². The Kier molecular flexibility index (Phi) is 9.24. The largest absolute Gasteiger partial charge is 0.478 e. The Morgan fingerprint density at radius 3 is 2.39 bits per heavy atom. The van der Waals surface area contributed by atoms with Crippen LogP contribution in [0.5, 0.6) is 11.5 Å². The molecule has 1 aliphatic heterocycles. The lowest BCUT2D eigenvalue weighted by Crippen LogP contribution is -2.63. The molecule has 0 aromatic heterocycles. The molecule has 1 fully saturated rings. The fourth-order valence-corrected chi connectivity index (χ4v) is 4.89. The number of anilines is 1. The SMILES string of the molecule is CCCCNc1cc(C(=O)O)cc(S(=O)(=O)N[C@@H]2O[C@H](CO)[C@@H](O)[C@H](O)[C@@H]2O)c1Oc1ccccc1. The van der Waals surface area contributed by atoms with Crippen molar-refractivity contribution in [2.75, 3.05) is 18.5 Å². The summed E-state index contributed by atoms with van der Waals surface area (Å²) in [6.07, 6.45) is -6.97. The van der Waals surface area contributed by atoms with E-state index < -0.39 is 58.1 Å². The monoisotopic (exact) mass is 526 g/mol. The van der Waals surface area contributed by atoms with Gasteiger partial charge >= 0.3 is 5.97 Å². The predicted octanol–water partition coefficient (Wildman–Crippen LogP) is 0.467. The highest BCUT2D eigenvalue weighted by Gasteiger charge is 2.45. The number of hydrogen-bond acceptors (Lipinski definition) is 10. The van der Waals surface area contributed by atoms with Crippen molar-refractivity contribution in [2.24, 2.45) is 0 Å². The Morgan fingerprint density at radius 2 is 1.78 bits per heavy atom. The molecule has 36 heavy (non-hydrogen) atoms. The number of para-hydroxylation sites is 1. The van der Waals surface area contributed by atoms with Crippen molar-refractivity contribution in [1.82, 2.24) is 4.72 Å². The molecule has 2 aromatic carbocycles. The normalized spacial score (nSPS) is 24.3. The van der Waals surface area contributed by atoms with Crippen LogP contribution >= 0.6 is 0 Å². The number of hydrogen-bond donors (Lipinski definition) is 7. The van der Waals surface area contributed by atoms with Crippen LogP contribution in [0.4, 0.5) is 5.69 Å². The molecule has 1 heterocycles. The average Bonchev–Trinajstić information content (AvgIpc) is 2.85. The van der Waals surface area contributed by atoms with E-state index in [-0.39, 0.29) is 22.7 Å². The summed E-state index contributed by atoms with van der Waals surface area (Å²) in [4.78, 5) is 11.2. The first-order valence-corrected chi connectivity index (χ1v) is 12.8. The molecule has 7 N–H and O–H groups in total. The Labute approximate surface area is 208 Å². The van der Waals surface area contributed by atoms with Crippen molar-refractivity contribution in [3.63, 3.8) is 0 Å². The third-order valence-electron chi connectivity index (χ3n) is 5.56. The van der Waals surface area contributed by atoms with Gasteiger partial charge in [-0.1, -0.05) is 31.5 Å². The summed E-state index contributed by atoms with van der Waals surface area (Å²) in [5.74, 6) is -1.30. The average molecular weight is 527 g/mol. The minimum atomic E-state index is -4.66. The fourth-order valence-electron chi connectivity index (χ4n) is 3.58. The highest BCUT2D eigenvalue weighted by molar-refractivity contribution is 7.89. The van der Waals surface area contributed by atoms with Gasteiger partial charge in [-0.05, 0) is 30.7 Å². The standard InChI is InChI=1S/C23H30N2O10S/c1-2-3-9-24-15-10-13(23(30)31)11-17(21(15)34-14-7-5-4-6-8-14)36(32,33)25-22-20(29)19(28)18(27)16(12-26)35-22/h4-8,10-11,16,18-20,22,24-29H,2-3,9,12H2,1H3,(H,30,31)/t16-,18-,19+,20+,22-/m1/s1. The number of carboxylic acids is 1. The molecule has 0 saturated carbocycles. The second-order valence-electron chi connectivity index (χ2n) is 8.22. The van der Waals surface area contributed by atoms with Crippen LogP contribution in [0.25, 0.3) is 0 Å². The van der Waals surface area contributed by atoms with Crippen LogP contribution in [0.1, 0.15) is 30.1 Å². The number of aromatic carboxylic acids is 1. The van der Waals surface area contributed by atoms with E-state index in [4.69, 9.17) is 9.47 Å². The predicted molar refractivity (Wildman–Crippen MR) is 127 cm³/mol. The Bertz CT molecular complexity index is 1140. The second-order valence-corrected chi connectivity index (χ2v) is 9.90. The number of carbonyl (C=O) groups is 1. The number of benzene rings is 2. The second kappa shape index (κ2) is 12.0. The molecule has 0 radical (unpaired) electrons. The number of aliphatic hydroxyl groups excluding tert-OH is 4. The van der Waals surface area contributed by atoms with E-state index in [1.165, 1.54) is 6.07 Å². The lowest BCUT2D eigenvalue weighted by molar-refractivity contribution is -0.231. The first-order chi connectivity index (χ1) is 17.1. The Hall–Kier alpha value is -2.78. The summed E-state index contributed by atoms with van der Waals surface area (Å²) < 4.78 is 40.2. The van der Waals surface area contributed by atoms with Gasteiger partial charge in [0.05, 0.1) is 17.9 Å². The van der Waals surface area contributed by atoms with Gasteiger partial charge in [0, 0.05) is 6.54 Å². The van der Waals surface area contributed by atoms with Crippen LogP contribution in [-0.4, -0.2) is 83.7 Å². The third-order valence-corrected chi connectivity index (χ3v) is 6.99. The molecule has 5 atom stereocenters. The number of ether oxygens (including phenoxy) is 2. The number of sulfonamides is 1. The molecule has 0 bridgehead atoms. The summed E-state index contributed by atoms with van der Waals surface area (Å²) in [6, 6.07) is 10.4. The van der Waals surface area contributed by atoms with Crippen molar-refractivity contribution in [3.8, 4) is 11.5 Å². The Balaban J connectivity index is 2.08. The molecule has 0 amide bonds. The summed E-state index contributed by atoms with van der Waals surface area (Å²) >= 11 is 0. The molecule has 0 spiro atoms. The van der Waals surface area contributed by atoms with Crippen LogP contribution in [0.3, 0.4) is 0 Å². The molecule has 198 valence electrons. The topological polar surface area (TPSA) is 195 Å². The molecule has 0 unspecified atom stereocenters. The van der Waals surface area contributed by atoms with Crippen LogP contribution in [0, 0.1) is 0 Å². The molecule has 2 aromatic rings. The number of unbranched alkanes of at least 4 members (excludes halogenated alkanes) is 1. The maximum absolute atomic E-state index is 13.5. The highest BCUT2D eigenvalue weighted by atomic mass is 32.2. The van der Waals surface area contributed by atoms with E-state index in [0.717, 1.165) is 12.5 Å². The van der Waals surface area contributed by atoms with Gasteiger partial charge in [0.25, 0.3) is 0 Å². The molecular formula is C23H30N2O10S. The Morgan fingerprint density at radius 1 is 1.08 bits per heavy atom. The maximum Gasteiger partial charge on any atom is 0.335 e. The fraction of sp³-hybridized carbons (Fsp3) is 0.435. The number of aliphatic hydroxyl groups is 4. The van der Waals surface area contributed by atoms with Gasteiger partial charge in [-0.3, -0.25) is 0 Å².